The van der Waals surface area contributed by atoms with Gasteiger partial charge in [0.2, 0.25) is 10.9 Å². The van der Waals surface area contributed by atoms with Crippen molar-refractivity contribution in [2.24, 2.45) is 0 Å². The summed E-state index contributed by atoms with van der Waals surface area (Å²) in [6.07, 6.45) is 0. The van der Waals surface area contributed by atoms with E-state index in [1.165, 1.54) is 0 Å². The summed E-state index contributed by atoms with van der Waals surface area (Å²) in [5.74, 6) is 0. The maximum absolute atomic E-state index is 13.1. The fourth-order valence-corrected chi connectivity index (χ4v) is 6.60. The van der Waals surface area contributed by atoms with Crippen LogP contribution >= 0.6 is 0 Å². The molecule has 0 saturated heterocycles. The lowest BCUT2D eigenvalue weighted by Crippen LogP contribution is -2.01. The van der Waals surface area contributed by atoms with Crippen molar-refractivity contribution < 1.29 is 8.83 Å². The third-order valence-corrected chi connectivity index (χ3v) is 9.08. The van der Waals surface area contributed by atoms with E-state index in [0.29, 0.717) is 43.9 Å². The van der Waals surface area contributed by atoms with Crippen LogP contribution in [-0.2, 0) is 0 Å². The molecule has 0 atom stereocenters. The average molecular weight is 619 g/mol. The number of hydrogen-bond donors (Lipinski definition) is 0. The van der Waals surface area contributed by atoms with Crippen molar-refractivity contribution in [3.63, 3.8) is 0 Å². The van der Waals surface area contributed by atoms with Crippen molar-refractivity contribution in [2.45, 2.75) is 0 Å². The zero-order valence-electron chi connectivity index (χ0n) is 25.6. The Balaban J connectivity index is 1.06. The molecular weight excluding hydrogens is 592 g/mol. The van der Waals surface area contributed by atoms with E-state index in [0.717, 1.165) is 44.5 Å². The predicted molar refractivity (Wildman–Crippen MR) is 195 cm³/mol. The SMILES string of the molecule is O=c1c2ccccc2oc2cc(-c3cccc(-c4cccc(-c5cccc(-c6ccc7c(=O)c8ccccc8oc7c6)c5)c4)c3)ccc12. The highest BCUT2D eigenvalue weighted by Crippen LogP contribution is 2.33. The fourth-order valence-electron chi connectivity index (χ4n) is 6.60. The van der Waals surface area contributed by atoms with E-state index in [1.807, 2.05) is 72.8 Å². The Kier molecular flexibility index (Phi) is 6.41. The molecule has 9 aromatic rings. The molecule has 9 rings (SSSR count). The van der Waals surface area contributed by atoms with Crippen molar-refractivity contribution >= 4 is 43.9 Å². The Bertz CT molecular complexity index is 2650. The van der Waals surface area contributed by atoms with Crippen LogP contribution in [0.25, 0.3) is 88.4 Å². The minimum absolute atomic E-state index is 0.0196. The molecule has 2 aromatic heterocycles. The first kappa shape index (κ1) is 27.8. The van der Waals surface area contributed by atoms with E-state index < -0.39 is 0 Å². The number of fused-ring (bicyclic) bond motifs is 4. The van der Waals surface area contributed by atoms with Crippen LogP contribution in [0.1, 0.15) is 0 Å². The molecule has 48 heavy (non-hydrogen) atoms. The quantitative estimate of drug-likeness (QED) is 0.184. The zero-order valence-corrected chi connectivity index (χ0v) is 25.6. The molecule has 0 unspecified atom stereocenters. The van der Waals surface area contributed by atoms with Crippen molar-refractivity contribution in [3.05, 3.63) is 178 Å². The minimum Gasteiger partial charge on any atom is -0.456 e. The van der Waals surface area contributed by atoms with Gasteiger partial charge in [-0.05, 0) is 111 Å². The Hall–Kier alpha value is -6.52. The lowest BCUT2D eigenvalue weighted by atomic mass is 9.94. The third-order valence-electron chi connectivity index (χ3n) is 9.08. The molecule has 2 heterocycles. The first-order valence-electron chi connectivity index (χ1n) is 15.8. The van der Waals surface area contributed by atoms with E-state index in [9.17, 15) is 9.59 Å². The normalized spacial score (nSPS) is 11.5. The number of para-hydroxylation sites is 2. The van der Waals surface area contributed by atoms with Crippen molar-refractivity contribution in [3.8, 4) is 44.5 Å². The van der Waals surface area contributed by atoms with E-state index >= 15 is 0 Å². The molecule has 0 saturated carbocycles. The van der Waals surface area contributed by atoms with Gasteiger partial charge in [0, 0.05) is 0 Å². The van der Waals surface area contributed by atoms with Crippen LogP contribution in [0.3, 0.4) is 0 Å². The van der Waals surface area contributed by atoms with Crippen molar-refractivity contribution in [2.75, 3.05) is 0 Å². The number of rotatable bonds is 4. The summed E-state index contributed by atoms with van der Waals surface area (Å²) < 4.78 is 12.3. The summed E-state index contributed by atoms with van der Waals surface area (Å²) in [6.45, 7) is 0. The van der Waals surface area contributed by atoms with Gasteiger partial charge in [-0.25, -0.2) is 0 Å². The second kappa shape index (κ2) is 11.1. The molecule has 0 amide bonds. The maximum Gasteiger partial charge on any atom is 0.200 e. The molecule has 0 aliphatic carbocycles. The van der Waals surface area contributed by atoms with Gasteiger partial charge in [-0.1, -0.05) is 91.0 Å². The second-order valence-electron chi connectivity index (χ2n) is 12.0. The first-order chi connectivity index (χ1) is 23.6. The van der Waals surface area contributed by atoms with Gasteiger partial charge in [0.15, 0.2) is 0 Å². The van der Waals surface area contributed by atoms with Gasteiger partial charge in [-0.3, -0.25) is 9.59 Å². The van der Waals surface area contributed by atoms with Crippen molar-refractivity contribution in [1.29, 1.82) is 0 Å². The monoisotopic (exact) mass is 618 g/mol. The zero-order chi connectivity index (χ0) is 32.2. The maximum atomic E-state index is 13.1. The molecular formula is C44H26O4. The van der Waals surface area contributed by atoms with Crippen LogP contribution in [-0.4, -0.2) is 0 Å². The minimum atomic E-state index is -0.0196. The van der Waals surface area contributed by atoms with Crippen LogP contribution < -0.4 is 10.9 Å². The van der Waals surface area contributed by atoms with Crippen LogP contribution in [0.5, 0.6) is 0 Å². The predicted octanol–water partition coefficient (Wildman–Crippen LogP) is 10.9. The molecule has 4 nitrogen and oxygen atoms in total. The van der Waals surface area contributed by atoms with E-state index in [1.54, 1.807) is 12.1 Å². The van der Waals surface area contributed by atoms with Gasteiger partial charge in [-0.15, -0.1) is 0 Å². The molecule has 0 radical (unpaired) electrons. The van der Waals surface area contributed by atoms with Crippen LogP contribution in [0.2, 0.25) is 0 Å². The van der Waals surface area contributed by atoms with Gasteiger partial charge in [0.25, 0.3) is 0 Å². The van der Waals surface area contributed by atoms with Gasteiger partial charge < -0.3 is 8.83 Å². The molecule has 0 aliphatic heterocycles. The summed E-state index contributed by atoms with van der Waals surface area (Å²) in [7, 11) is 0. The topological polar surface area (TPSA) is 60.4 Å². The Morgan fingerprint density at radius 3 is 0.958 bits per heavy atom. The molecule has 226 valence electrons. The molecule has 0 spiro atoms. The summed E-state index contributed by atoms with van der Waals surface area (Å²) in [5, 5.41) is 2.32. The average Bonchev–Trinajstić information content (AvgIpc) is 3.15. The summed E-state index contributed by atoms with van der Waals surface area (Å²) in [4.78, 5) is 26.1. The van der Waals surface area contributed by atoms with E-state index in [2.05, 4.69) is 72.8 Å². The lowest BCUT2D eigenvalue weighted by Gasteiger charge is -2.11. The summed E-state index contributed by atoms with van der Waals surface area (Å²) in [5.41, 5.74) is 10.7. The molecule has 0 fully saturated rings. The van der Waals surface area contributed by atoms with Crippen LogP contribution in [0, 0.1) is 0 Å². The smallest absolute Gasteiger partial charge is 0.200 e. The highest BCUT2D eigenvalue weighted by atomic mass is 16.3. The number of benzene rings is 7. The Labute approximate surface area is 274 Å². The Morgan fingerprint density at radius 1 is 0.271 bits per heavy atom. The van der Waals surface area contributed by atoms with Gasteiger partial charge in [0.1, 0.15) is 22.3 Å². The molecule has 7 aromatic carbocycles. The fraction of sp³-hybridized carbons (Fsp3) is 0. The van der Waals surface area contributed by atoms with E-state index in [4.69, 9.17) is 8.83 Å². The highest BCUT2D eigenvalue weighted by molar-refractivity contribution is 5.93. The highest BCUT2D eigenvalue weighted by Gasteiger charge is 2.12. The number of hydrogen-bond acceptors (Lipinski definition) is 4. The van der Waals surface area contributed by atoms with E-state index in [-0.39, 0.29) is 10.9 Å². The van der Waals surface area contributed by atoms with Crippen LogP contribution in [0.15, 0.2) is 176 Å². The summed E-state index contributed by atoms with van der Waals surface area (Å²) >= 11 is 0. The third kappa shape index (κ3) is 4.70. The second-order valence-corrected chi connectivity index (χ2v) is 12.0. The molecule has 0 aliphatic rings. The first-order valence-corrected chi connectivity index (χ1v) is 15.8. The molecule has 4 heteroatoms. The lowest BCUT2D eigenvalue weighted by molar-refractivity contribution is 0.659. The largest absolute Gasteiger partial charge is 0.456 e. The van der Waals surface area contributed by atoms with Gasteiger partial charge in [-0.2, -0.15) is 0 Å². The van der Waals surface area contributed by atoms with Crippen LogP contribution in [0.4, 0.5) is 0 Å². The standard InChI is InChI=1S/C44H26O4/c45-43-35-14-1-3-16-39(35)47-41-25-33(18-20-37(41)43)31-12-6-10-29(23-31)27-8-5-9-28(22-27)30-11-7-13-32(24-30)34-19-21-38-42(26-34)48-40-17-4-2-15-36(40)44(38)46/h1-26H. The summed E-state index contributed by atoms with van der Waals surface area (Å²) in [6, 6.07) is 51.6. The molecule has 0 N–H and O–H groups in total. The molecule has 0 bridgehead atoms. The van der Waals surface area contributed by atoms with Gasteiger partial charge >= 0.3 is 0 Å². The Morgan fingerprint density at radius 2 is 0.583 bits per heavy atom. The van der Waals surface area contributed by atoms with Gasteiger partial charge in [0.05, 0.1) is 21.5 Å². The van der Waals surface area contributed by atoms with Crippen molar-refractivity contribution in [1.82, 2.24) is 0 Å².